The first-order valence-corrected chi connectivity index (χ1v) is 11.1. The molecule has 1 N–H and O–H groups in total. The van der Waals surface area contributed by atoms with E-state index in [2.05, 4.69) is 31.1 Å². The number of hydrogen-bond donors (Lipinski definition) is 1. The first-order valence-electron chi connectivity index (χ1n) is 11.1. The SMILES string of the molecule is Cc1ccc(C2=C(Nc3ccc(C(C)(C)C)cc3)C(=O)N(Cc3ccccn3)C2=O)cc1C. The number of carbonyl (C=O) groups excluding carboxylic acids is 2. The van der Waals surface area contributed by atoms with Crippen LogP contribution in [0, 0.1) is 13.8 Å². The van der Waals surface area contributed by atoms with Crippen LogP contribution in [0.3, 0.4) is 0 Å². The minimum Gasteiger partial charge on any atom is -0.350 e. The summed E-state index contributed by atoms with van der Waals surface area (Å²) in [6.45, 7) is 10.6. The van der Waals surface area contributed by atoms with Crippen LogP contribution < -0.4 is 5.32 Å². The molecule has 0 bridgehead atoms. The predicted molar refractivity (Wildman–Crippen MR) is 131 cm³/mol. The van der Waals surface area contributed by atoms with Gasteiger partial charge in [0.05, 0.1) is 17.8 Å². The van der Waals surface area contributed by atoms with Crippen molar-refractivity contribution in [2.24, 2.45) is 0 Å². The zero-order valence-corrected chi connectivity index (χ0v) is 19.8. The summed E-state index contributed by atoms with van der Waals surface area (Å²) in [7, 11) is 0. The molecular weight excluding hydrogens is 410 g/mol. The summed E-state index contributed by atoms with van der Waals surface area (Å²) in [5, 5.41) is 3.25. The van der Waals surface area contributed by atoms with Crippen LogP contribution in [0.1, 0.15) is 48.7 Å². The highest BCUT2D eigenvalue weighted by atomic mass is 16.2. The van der Waals surface area contributed by atoms with Gasteiger partial charge in [0.15, 0.2) is 0 Å². The molecule has 2 amide bonds. The number of aryl methyl sites for hydroxylation is 2. The molecule has 0 radical (unpaired) electrons. The molecule has 0 spiro atoms. The normalized spacial score (nSPS) is 14.3. The molecule has 4 rings (SSSR count). The van der Waals surface area contributed by atoms with E-state index >= 15 is 0 Å². The van der Waals surface area contributed by atoms with Crippen molar-refractivity contribution in [1.29, 1.82) is 0 Å². The third-order valence-electron chi connectivity index (χ3n) is 6.03. The lowest BCUT2D eigenvalue weighted by molar-refractivity contribution is -0.137. The molecule has 5 nitrogen and oxygen atoms in total. The van der Waals surface area contributed by atoms with E-state index < -0.39 is 0 Å². The minimum absolute atomic E-state index is 0.0288. The minimum atomic E-state index is -0.348. The molecule has 0 unspecified atom stereocenters. The second-order valence-electron chi connectivity index (χ2n) is 9.52. The average Bonchev–Trinajstić information content (AvgIpc) is 3.00. The van der Waals surface area contributed by atoms with Crippen LogP contribution in [0.15, 0.2) is 72.6 Å². The van der Waals surface area contributed by atoms with Crippen LogP contribution in [0.5, 0.6) is 0 Å². The summed E-state index contributed by atoms with van der Waals surface area (Å²) in [4.78, 5) is 32.5. The standard InChI is InChI=1S/C28H29N3O2/c1-18-9-10-20(16-19(18)2)24-25(30-22-13-11-21(12-14-22)28(3,4)5)27(33)31(26(24)32)17-23-8-6-7-15-29-23/h6-16,30H,17H2,1-5H3. The quantitative estimate of drug-likeness (QED) is 0.542. The number of carbonyl (C=O) groups is 2. The third-order valence-corrected chi connectivity index (χ3v) is 6.03. The van der Waals surface area contributed by atoms with Gasteiger partial charge in [-0.1, -0.05) is 57.2 Å². The second-order valence-corrected chi connectivity index (χ2v) is 9.52. The van der Waals surface area contributed by atoms with Gasteiger partial charge in [0.25, 0.3) is 11.8 Å². The summed E-state index contributed by atoms with van der Waals surface area (Å²) in [6.07, 6.45) is 1.66. The number of benzene rings is 2. The van der Waals surface area contributed by atoms with E-state index in [1.807, 2.05) is 74.5 Å². The Hall–Kier alpha value is -3.73. The van der Waals surface area contributed by atoms with Crippen molar-refractivity contribution in [2.75, 3.05) is 5.32 Å². The number of amides is 2. The van der Waals surface area contributed by atoms with Crippen molar-refractivity contribution in [1.82, 2.24) is 9.88 Å². The third kappa shape index (κ3) is 4.58. The molecule has 3 aromatic rings. The van der Waals surface area contributed by atoms with Gasteiger partial charge in [-0.3, -0.25) is 19.5 Å². The van der Waals surface area contributed by atoms with Gasteiger partial charge < -0.3 is 5.32 Å². The van der Waals surface area contributed by atoms with Gasteiger partial charge >= 0.3 is 0 Å². The van der Waals surface area contributed by atoms with E-state index in [4.69, 9.17) is 0 Å². The number of aromatic nitrogens is 1. The van der Waals surface area contributed by atoms with Gasteiger partial charge in [-0.2, -0.15) is 0 Å². The van der Waals surface area contributed by atoms with Gasteiger partial charge in [0.1, 0.15) is 5.70 Å². The fraction of sp³-hybridized carbons (Fsp3) is 0.250. The summed E-state index contributed by atoms with van der Waals surface area (Å²) >= 11 is 0. The second kappa shape index (κ2) is 8.66. The maximum Gasteiger partial charge on any atom is 0.278 e. The fourth-order valence-electron chi connectivity index (χ4n) is 3.85. The maximum absolute atomic E-state index is 13.5. The Morgan fingerprint density at radius 3 is 2.21 bits per heavy atom. The van der Waals surface area contributed by atoms with Gasteiger partial charge in [-0.15, -0.1) is 0 Å². The molecule has 2 heterocycles. The molecule has 1 aliphatic rings. The molecule has 33 heavy (non-hydrogen) atoms. The van der Waals surface area contributed by atoms with Gasteiger partial charge in [-0.25, -0.2) is 0 Å². The van der Waals surface area contributed by atoms with Gasteiger partial charge in [0.2, 0.25) is 0 Å². The molecule has 0 saturated heterocycles. The highest BCUT2D eigenvalue weighted by Gasteiger charge is 2.39. The number of anilines is 1. The molecule has 2 aromatic carbocycles. The topological polar surface area (TPSA) is 62.3 Å². The summed E-state index contributed by atoms with van der Waals surface area (Å²) in [5.41, 5.74) is 6.26. The predicted octanol–water partition coefficient (Wildman–Crippen LogP) is 5.39. The number of nitrogens with zero attached hydrogens (tertiary/aromatic N) is 2. The van der Waals surface area contributed by atoms with Crippen molar-refractivity contribution in [2.45, 2.75) is 46.6 Å². The maximum atomic E-state index is 13.5. The average molecular weight is 440 g/mol. The molecule has 0 atom stereocenters. The van der Waals surface area contributed by atoms with Crippen molar-refractivity contribution in [3.8, 4) is 0 Å². The molecule has 5 heteroatoms. The van der Waals surface area contributed by atoms with Crippen LogP contribution >= 0.6 is 0 Å². The lowest BCUT2D eigenvalue weighted by atomic mass is 9.87. The Labute approximate surface area is 195 Å². The molecule has 168 valence electrons. The summed E-state index contributed by atoms with van der Waals surface area (Å²) in [6, 6.07) is 19.3. The summed E-state index contributed by atoms with van der Waals surface area (Å²) < 4.78 is 0. The number of nitrogens with one attached hydrogen (secondary N) is 1. The molecule has 0 aliphatic carbocycles. The highest BCUT2D eigenvalue weighted by Crippen LogP contribution is 2.33. The highest BCUT2D eigenvalue weighted by molar-refractivity contribution is 6.36. The van der Waals surface area contributed by atoms with E-state index in [0.29, 0.717) is 17.0 Å². The van der Waals surface area contributed by atoms with Crippen LogP contribution in [-0.4, -0.2) is 21.7 Å². The van der Waals surface area contributed by atoms with Crippen molar-refractivity contribution >= 4 is 23.1 Å². The van der Waals surface area contributed by atoms with Crippen molar-refractivity contribution in [3.63, 3.8) is 0 Å². The first kappa shape index (κ1) is 22.5. The van der Waals surface area contributed by atoms with Crippen LogP contribution in [0.4, 0.5) is 5.69 Å². The van der Waals surface area contributed by atoms with Gasteiger partial charge in [0, 0.05) is 11.9 Å². The first-order chi connectivity index (χ1) is 15.6. The molecular formula is C28H29N3O2. The fourth-order valence-corrected chi connectivity index (χ4v) is 3.85. The van der Waals surface area contributed by atoms with Crippen molar-refractivity contribution < 1.29 is 9.59 Å². The Morgan fingerprint density at radius 1 is 0.879 bits per heavy atom. The Morgan fingerprint density at radius 2 is 1.61 bits per heavy atom. The lowest BCUT2D eigenvalue weighted by Gasteiger charge is -2.19. The smallest absolute Gasteiger partial charge is 0.278 e. The van der Waals surface area contributed by atoms with E-state index in [1.54, 1.807) is 6.20 Å². The van der Waals surface area contributed by atoms with Crippen molar-refractivity contribution in [3.05, 3.63) is 101 Å². The van der Waals surface area contributed by atoms with Crippen LogP contribution in [0.2, 0.25) is 0 Å². The van der Waals surface area contributed by atoms with Crippen LogP contribution in [0.25, 0.3) is 5.57 Å². The lowest BCUT2D eigenvalue weighted by Crippen LogP contribution is -2.32. The van der Waals surface area contributed by atoms with E-state index in [0.717, 1.165) is 22.4 Å². The van der Waals surface area contributed by atoms with Gasteiger partial charge in [-0.05, 0) is 65.8 Å². The molecule has 0 fully saturated rings. The Bertz CT molecular complexity index is 1240. The molecule has 1 aromatic heterocycles. The van der Waals surface area contributed by atoms with E-state index in [9.17, 15) is 9.59 Å². The molecule has 0 saturated carbocycles. The summed E-state index contributed by atoms with van der Waals surface area (Å²) in [5.74, 6) is -0.665. The molecule has 1 aliphatic heterocycles. The Kier molecular flexibility index (Phi) is 5.90. The number of imide groups is 1. The Balaban J connectivity index is 1.74. The van der Waals surface area contributed by atoms with E-state index in [-0.39, 0.29) is 23.8 Å². The number of rotatable bonds is 5. The van der Waals surface area contributed by atoms with Crippen LogP contribution in [-0.2, 0) is 21.5 Å². The number of pyridine rings is 1. The van der Waals surface area contributed by atoms with E-state index in [1.165, 1.54) is 10.5 Å². The zero-order chi connectivity index (χ0) is 23.8. The number of hydrogen-bond acceptors (Lipinski definition) is 4. The monoisotopic (exact) mass is 439 g/mol. The largest absolute Gasteiger partial charge is 0.350 e. The zero-order valence-electron chi connectivity index (χ0n) is 19.8.